The number of hydrazine groups is 1. The Morgan fingerprint density at radius 2 is 2.03 bits per heavy atom. The molecule has 1 amide bonds. The Morgan fingerprint density at radius 3 is 2.85 bits per heavy atom. The molecular weight excluding hydrogens is 424 g/mol. The van der Waals surface area contributed by atoms with Gasteiger partial charge in [-0.15, -0.1) is 0 Å². The molecule has 3 aliphatic rings. The zero-order valence-electron chi connectivity index (χ0n) is 19.3. The maximum atomic E-state index is 12.9. The quantitative estimate of drug-likeness (QED) is 0.253. The van der Waals surface area contributed by atoms with Gasteiger partial charge in [0, 0.05) is 55.4 Å². The molecule has 2 N–H and O–H groups in total. The third-order valence-corrected chi connectivity index (χ3v) is 7.10. The highest BCUT2D eigenvalue weighted by atomic mass is 16.2. The molecule has 2 aromatic heterocycles. The molecule has 6 rings (SSSR count). The largest absolute Gasteiger partial charge is 0.298 e. The number of carbonyl (C=O) groups is 1. The Bertz CT molecular complexity index is 1240. The normalized spacial score (nSPS) is 18.3. The number of amides is 1. The van der Waals surface area contributed by atoms with Gasteiger partial charge >= 0.3 is 0 Å². The predicted octanol–water partition coefficient (Wildman–Crippen LogP) is 3.97. The van der Waals surface area contributed by atoms with Gasteiger partial charge in [0.2, 0.25) is 0 Å². The third-order valence-electron chi connectivity index (χ3n) is 7.10. The van der Waals surface area contributed by atoms with E-state index in [0.717, 1.165) is 47.8 Å². The molecule has 0 spiro atoms. The minimum Gasteiger partial charge on any atom is -0.298 e. The van der Waals surface area contributed by atoms with Crippen molar-refractivity contribution in [1.82, 2.24) is 19.7 Å². The van der Waals surface area contributed by atoms with Crippen LogP contribution in [0.1, 0.15) is 48.4 Å². The van der Waals surface area contributed by atoms with Gasteiger partial charge in [0.05, 0.1) is 17.9 Å². The molecule has 0 atom stereocenters. The Labute approximate surface area is 199 Å². The Morgan fingerprint density at radius 1 is 1.15 bits per heavy atom. The summed E-state index contributed by atoms with van der Waals surface area (Å²) in [6.45, 7) is 3.24. The lowest BCUT2D eigenvalue weighted by molar-refractivity contribution is -0.114. The number of aromatic nitrogens is 3. The van der Waals surface area contributed by atoms with Crippen LogP contribution in [0.25, 0.3) is 17.2 Å². The second kappa shape index (κ2) is 8.81. The standard InChI is InChI=1S/C27H30N6O/c28-33(25-5-3-20-10-12-31(16-19-1-2-19)17-22(20)13-25)27(34)8-4-21-14-29-11-9-26(21)23-15-30-32(18-23)24-6-7-24/h3-5,8-9,11,13-15,18-19,24H,1-2,6-7,10,12,16-17,28H2/b8-4+. The second-order valence-corrected chi connectivity index (χ2v) is 9.83. The Hall–Kier alpha value is -3.29. The van der Waals surface area contributed by atoms with Gasteiger partial charge in [-0.1, -0.05) is 6.07 Å². The first kappa shape index (κ1) is 21.3. The van der Waals surface area contributed by atoms with Crippen LogP contribution in [0.4, 0.5) is 5.69 Å². The predicted molar refractivity (Wildman–Crippen MR) is 133 cm³/mol. The van der Waals surface area contributed by atoms with Crippen LogP contribution in [0.3, 0.4) is 0 Å². The molecule has 3 aromatic rings. The minimum absolute atomic E-state index is 0.269. The number of nitrogens with two attached hydrogens (primary N) is 1. The Kier molecular flexibility index (Phi) is 5.51. The summed E-state index contributed by atoms with van der Waals surface area (Å²) in [5.41, 5.74) is 6.24. The van der Waals surface area contributed by atoms with Crippen molar-refractivity contribution < 1.29 is 4.79 Å². The van der Waals surface area contributed by atoms with E-state index >= 15 is 0 Å². The molecule has 2 saturated carbocycles. The summed E-state index contributed by atoms with van der Waals surface area (Å²) in [7, 11) is 0. The molecule has 0 saturated heterocycles. The van der Waals surface area contributed by atoms with E-state index in [0.29, 0.717) is 6.04 Å². The molecule has 0 bridgehead atoms. The summed E-state index contributed by atoms with van der Waals surface area (Å²) in [5.74, 6) is 6.85. The first-order valence-electron chi connectivity index (χ1n) is 12.2. The van der Waals surface area contributed by atoms with Gasteiger partial charge in [0.15, 0.2) is 0 Å². The first-order chi connectivity index (χ1) is 16.6. The zero-order chi connectivity index (χ0) is 23.1. The Balaban J connectivity index is 1.17. The molecule has 34 heavy (non-hydrogen) atoms. The number of pyridine rings is 1. The molecule has 1 aromatic carbocycles. The van der Waals surface area contributed by atoms with Crippen molar-refractivity contribution in [2.75, 3.05) is 18.1 Å². The lowest BCUT2D eigenvalue weighted by atomic mass is 9.98. The molecule has 7 nitrogen and oxygen atoms in total. The molecule has 3 heterocycles. The van der Waals surface area contributed by atoms with Crippen LogP contribution < -0.4 is 10.9 Å². The molecule has 7 heteroatoms. The average Bonchev–Trinajstić information content (AvgIpc) is 3.81. The van der Waals surface area contributed by atoms with E-state index in [1.807, 2.05) is 23.0 Å². The topological polar surface area (TPSA) is 80.3 Å². The number of fused-ring (bicyclic) bond motifs is 1. The maximum Gasteiger partial charge on any atom is 0.265 e. The summed E-state index contributed by atoms with van der Waals surface area (Å²) in [6, 6.07) is 8.62. The van der Waals surface area contributed by atoms with Crippen LogP contribution in [0.5, 0.6) is 0 Å². The number of hydrogen-bond acceptors (Lipinski definition) is 5. The van der Waals surface area contributed by atoms with Crippen molar-refractivity contribution >= 4 is 17.7 Å². The minimum atomic E-state index is -0.269. The SMILES string of the molecule is NN(C(=O)/C=C/c1cnccc1-c1cnn(C2CC2)c1)c1ccc2c(c1)CN(CC1CC1)CC2. The van der Waals surface area contributed by atoms with Gasteiger partial charge in [-0.25, -0.2) is 10.9 Å². The monoisotopic (exact) mass is 454 g/mol. The number of anilines is 1. The lowest BCUT2D eigenvalue weighted by Gasteiger charge is -2.29. The van der Waals surface area contributed by atoms with Gasteiger partial charge in [0.25, 0.3) is 5.91 Å². The first-order valence-corrected chi connectivity index (χ1v) is 12.2. The number of carbonyl (C=O) groups excluding carboxylic acids is 1. The molecule has 2 aliphatic carbocycles. The van der Waals surface area contributed by atoms with E-state index in [9.17, 15) is 4.79 Å². The fraction of sp³-hybridized carbons (Fsp3) is 0.370. The highest BCUT2D eigenvalue weighted by molar-refractivity contribution is 6.03. The van der Waals surface area contributed by atoms with Crippen LogP contribution in [0.15, 0.2) is 55.1 Å². The zero-order valence-corrected chi connectivity index (χ0v) is 19.3. The molecule has 1 aliphatic heterocycles. The lowest BCUT2D eigenvalue weighted by Crippen LogP contribution is -2.37. The van der Waals surface area contributed by atoms with E-state index < -0.39 is 0 Å². The number of benzene rings is 1. The highest BCUT2D eigenvalue weighted by Gasteiger charge is 2.27. The van der Waals surface area contributed by atoms with Crippen molar-refractivity contribution in [3.8, 4) is 11.1 Å². The maximum absolute atomic E-state index is 12.9. The van der Waals surface area contributed by atoms with Gasteiger partial charge in [-0.3, -0.25) is 19.4 Å². The summed E-state index contributed by atoms with van der Waals surface area (Å²) >= 11 is 0. The van der Waals surface area contributed by atoms with Gasteiger partial charge in [-0.05, 0) is 79.0 Å². The van der Waals surface area contributed by atoms with Crippen LogP contribution in [0.2, 0.25) is 0 Å². The second-order valence-electron chi connectivity index (χ2n) is 9.83. The van der Waals surface area contributed by atoms with Crippen LogP contribution in [0, 0.1) is 5.92 Å². The molecule has 2 fully saturated rings. The van der Waals surface area contributed by atoms with E-state index in [1.54, 1.807) is 18.5 Å². The van der Waals surface area contributed by atoms with Crippen LogP contribution >= 0.6 is 0 Å². The van der Waals surface area contributed by atoms with Gasteiger partial charge in [-0.2, -0.15) is 5.10 Å². The van der Waals surface area contributed by atoms with Gasteiger partial charge in [0.1, 0.15) is 0 Å². The molecule has 0 radical (unpaired) electrons. The third kappa shape index (κ3) is 4.54. The average molecular weight is 455 g/mol. The van der Waals surface area contributed by atoms with E-state index in [4.69, 9.17) is 5.84 Å². The van der Waals surface area contributed by atoms with E-state index in [1.165, 1.54) is 54.4 Å². The summed E-state index contributed by atoms with van der Waals surface area (Å²) in [4.78, 5) is 19.7. The van der Waals surface area contributed by atoms with Crippen molar-refractivity contribution in [2.24, 2.45) is 11.8 Å². The molecular formula is C27H30N6O. The molecule has 0 unspecified atom stereocenters. The number of nitrogens with zero attached hydrogens (tertiary/aromatic N) is 5. The smallest absolute Gasteiger partial charge is 0.265 e. The number of hydrogen-bond donors (Lipinski definition) is 1. The van der Waals surface area contributed by atoms with Crippen molar-refractivity contribution in [2.45, 2.75) is 44.7 Å². The fourth-order valence-electron chi connectivity index (χ4n) is 4.76. The van der Waals surface area contributed by atoms with Gasteiger partial charge < -0.3 is 0 Å². The van der Waals surface area contributed by atoms with E-state index in [-0.39, 0.29) is 5.91 Å². The van der Waals surface area contributed by atoms with Crippen molar-refractivity contribution in [3.05, 3.63) is 71.8 Å². The summed E-state index contributed by atoms with van der Waals surface area (Å²) in [6.07, 6.45) is 16.9. The fourth-order valence-corrected chi connectivity index (χ4v) is 4.76. The van der Waals surface area contributed by atoms with Crippen LogP contribution in [-0.4, -0.2) is 38.7 Å². The molecule has 174 valence electrons. The summed E-state index contributed by atoms with van der Waals surface area (Å²) in [5, 5.41) is 5.73. The van der Waals surface area contributed by atoms with Crippen LogP contribution in [-0.2, 0) is 17.8 Å². The number of rotatable bonds is 7. The van der Waals surface area contributed by atoms with Crippen molar-refractivity contribution in [3.63, 3.8) is 0 Å². The van der Waals surface area contributed by atoms with E-state index in [2.05, 4.69) is 33.3 Å². The summed E-state index contributed by atoms with van der Waals surface area (Å²) < 4.78 is 2.03. The van der Waals surface area contributed by atoms with Crippen molar-refractivity contribution in [1.29, 1.82) is 0 Å². The highest BCUT2D eigenvalue weighted by Crippen LogP contribution is 2.36.